The first-order valence-corrected chi connectivity index (χ1v) is 10.1. The minimum Gasteiger partial charge on any atom is -0.296 e. The van der Waals surface area contributed by atoms with Crippen molar-refractivity contribution in [3.05, 3.63) is 101 Å². The highest BCUT2D eigenvalue weighted by molar-refractivity contribution is 5.70. The molecule has 0 N–H and O–H groups in total. The van der Waals surface area contributed by atoms with E-state index in [4.69, 9.17) is 0 Å². The number of benzene rings is 2. The maximum atomic E-state index is 3.97. The molecule has 0 spiro atoms. The summed E-state index contributed by atoms with van der Waals surface area (Å²) in [5, 5.41) is 0. The first-order chi connectivity index (χ1) is 13.5. The maximum absolute atomic E-state index is 3.97. The molecule has 2 aromatic rings. The number of hydrogen-bond acceptors (Lipinski definition) is 1. The molecule has 1 nitrogen and oxygen atoms in total. The lowest BCUT2D eigenvalue weighted by atomic mass is 9.77. The van der Waals surface area contributed by atoms with Crippen molar-refractivity contribution in [3.63, 3.8) is 0 Å². The van der Waals surface area contributed by atoms with Gasteiger partial charge in [0.25, 0.3) is 0 Å². The Morgan fingerprint density at radius 2 is 1.61 bits per heavy atom. The van der Waals surface area contributed by atoms with Crippen LogP contribution in [0.15, 0.2) is 83.4 Å². The summed E-state index contributed by atoms with van der Waals surface area (Å²) >= 11 is 0. The Labute approximate surface area is 170 Å². The van der Waals surface area contributed by atoms with E-state index in [1.807, 2.05) is 0 Å². The largest absolute Gasteiger partial charge is 0.296 e. The molecule has 144 valence electrons. The Morgan fingerprint density at radius 3 is 2.18 bits per heavy atom. The van der Waals surface area contributed by atoms with Crippen molar-refractivity contribution >= 4 is 12.3 Å². The Hall–Kier alpha value is -2.67. The molecule has 1 heteroatoms. The van der Waals surface area contributed by atoms with Crippen LogP contribution in [0.4, 0.5) is 0 Å². The fraction of sp³-hybridized carbons (Fsp3) is 0.296. The first kappa shape index (κ1) is 20.1. The van der Waals surface area contributed by atoms with E-state index in [1.54, 1.807) is 0 Å². The first-order valence-electron chi connectivity index (χ1n) is 10.1. The third-order valence-corrected chi connectivity index (χ3v) is 5.94. The summed E-state index contributed by atoms with van der Waals surface area (Å²) in [6.07, 6.45) is 10.1. The van der Waals surface area contributed by atoms with Gasteiger partial charge in [-0.25, -0.2) is 0 Å². The molecule has 3 rings (SSSR count). The van der Waals surface area contributed by atoms with Gasteiger partial charge in [0.15, 0.2) is 0 Å². The normalized spacial score (nSPS) is 17.4. The molecular formula is C27H31N. The third-order valence-electron chi connectivity index (χ3n) is 5.94. The number of aliphatic imine (C=N–C) groups is 1. The number of hydrogen-bond donors (Lipinski definition) is 0. The van der Waals surface area contributed by atoms with Crippen LogP contribution in [-0.2, 0) is 12.0 Å². The van der Waals surface area contributed by atoms with Gasteiger partial charge in [-0.15, -0.1) is 0 Å². The van der Waals surface area contributed by atoms with Gasteiger partial charge in [-0.2, -0.15) is 0 Å². The summed E-state index contributed by atoms with van der Waals surface area (Å²) < 4.78 is 0. The van der Waals surface area contributed by atoms with Crippen LogP contribution in [0.1, 0.15) is 56.4 Å². The van der Waals surface area contributed by atoms with Gasteiger partial charge in [-0.05, 0) is 54.8 Å². The van der Waals surface area contributed by atoms with Crippen molar-refractivity contribution in [2.45, 2.75) is 46.1 Å². The second-order valence-corrected chi connectivity index (χ2v) is 8.22. The monoisotopic (exact) mass is 369 g/mol. The summed E-state index contributed by atoms with van der Waals surface area (Å²) in [6.45, 7) is 13.2. The lowest BCUT2D eigenvalue weighted by Crippen LogP contribution is -2.18. The Balaban J connectivity index is 1.82. The molecular weight excluding hydrogens is 338 g/mol. The van der Waals surface area contributed by atoms with Gasteiger partial charge in [-0.3, -0.25) is 4.99 Å². The lowest BCUT2D eigenvalue weighted by molar-refractivity contribution is 0.640. The van der Waals surface area contributed by atoms with E-state index in [0.717, 1.165) is 6.42 Å². The van der Waals surface area contributed by atoms with Gasteiger partial charge >= 0.3 is 0 Å². The maximum Gasteiger partial charge on any atom is 0.0632 e. The van der Waals surface area contributed by atoms with Crippen molar-refractivity contribution in [1.82, 2.24) is 0 Å². The SMILES string of the molecule is C=NCc1ccc(C(C)(C)c2ccc(C3=CC=C(C)C(/C=C\C)C3)cc2)cc1. The van der Waals surface area contributed by atoms with E-state index in [9.17, 15) is 0 Å². The molecule has 1 aliphatic carbocycles. The summed E-state index contributed by atoms with van der Waals surface area (Å²) in [7, 11) is 0. The lowest BCUT2D eigenvalue weighted by Gasteiger charge is -2.27. The van der Waals surface area contributed by atoms with E-state index < -0.39 is 0 Å². The van der Waals surface area contributed by atoms with Crippen LogP contribution < -0.4 is 0 Å². The third kappa shape index (κ3) is 4.25. The minimum absolute atomic E-state index is 0.0381. The van der Waals surface area contributed by atoms with Crippen LogP contribution in [-0.4, -0.2) is 6.72 Å². The molecule has 1 aliphatic rings. The van der Waals surface area contributed by atoms with Crippen LogP contribution in [0.5, 0.6) is 0 Å². The Morgan fingerprint density at radius 1 is 1.00 bits per heavy atom. The van der Waals surface area contributed by atoms with Crippen LogP contribution >= 0.6 is 0 Å². The van der Waals surface area contributed by atoms with E-state index >= 15 is 0 Å². The zero-order valence-corrected chi connectivity index (χ0v) is 17.6. The molecule has 0 saturated heterocycles. The number of nitrogens with zero attached hydrogens (tertiary/aromatic N) is 1. The molecule has 0 aliphatic heterocycles. The molecule has 0 radical (unpaired) electrons. The molecule has 0 saturated carbocycles. The van der Waals surface area contributed by atoms with E-state index in [-0.39, 0.29) is 5.41 Å². The summed E-state index contributed by atoms with van der Waals surface area (Å²) in [5.74, 6) is 0.518. The summed E-state index contributed by atoms with van der Waals surface area (Å²) in [5.41, 5.74) is 7.99. The van der Waals surface area contributed by atoms with Crippen molar-refractivity contribution in [3.8, 4) is 0 Å². The molecule has 0 aromatic heterocycles. The molecule has 0 heterocycles. The van der Waals surface area contributed by atoms with Crippen LogP contribution in [0, 0.1) is 5.92 Å². The number of rotatable bonds is 6. The molecule has 28 heavy (non-hydrogen) atoms. The standard InChI is InChI=1S/C27H31N/c1-6-7-23-18-24(11-8-20(23)2)22-12-16-26(17-13-22)27(3,4)25-14-9-21(10-15-25)19-28-5/h6-17,23H,5,18-19H2,1-4H3/b7-6-. The topological polar surface area (TPSA) is 12.4 Å². The molecule has 1 atom stereocenters. The average molecular weight is 370 g/mol. The highest BCUT2D eigenvalue weighted by Gasteiger charge is 2.23. The minimum atomic E-state index is -0.0381. The van der Waals surface area contributed by atoms with Crippen molar-refractivity contribution in [2.24, 2.45) is 10.9 Å². The zero-order valence-electron chi connectivity index (χ0n) is 17.6. The van der Waals surface area contributed by atoms with Gasteiger partial charge < -0.3 is 0 Å². The van der Waals surface area contributed by atoms with Gasteiger partial charge in [0, 0.05) is 11.3 Å². The second kappa shape index (κ2) is 8.56. The zero-order chi connectivity index (χ0) is 20.1. The van der Waals surface area contributed by atoms with E-state index in [0.29, 0.717) is 12.5 Å². The van der Waals surface area contributed by atoms with Gasteiger partial charge in [-0.1, -0.05) is 92.3 Å². The predicted octanol–water partition coefficient (Wildman–Crippen LogP) is 7.14. The van der Waals surface area contributed by atoms with E-state index in [1.165, 1.54) is 33.4 Å². The summed E-state index contributed by atoms with van der Waals surface area (Å²) in [6, 6.07) is 17.9. The molecule has 0 bridgehead atoms. The molecule has 0 amide bonds. The smallest absolute Gasteiger partial charge is 0.0632 e. The van der Waals surface area contributed by atoms with Crippen LogP contribution in [0.25, 0.3) is 5.57 Å². The highest BCUT2D eigenvalue weighted by atomic mass is 14.7. The van der Waals surface area contributed by atoms with E-state index in [2.05, 4.69) is 112 Å². The van der Waals surface area contributed by atoms with Gasteiger partial charge in [0.1, 0.15) is 0 Å². The molecule has 1 unspecified atom stereocenters. The van der Waals surface area contributed by atoms with Crippen LogP contribution in [0.2, 0.25) is 0 Å². The van der Waals surface area contributed by atoms with Crippen molar-refractivity contribution in [1.29, 1.82) is 0 Å². The highest BCUT2D eigenvalue weighted by Crippen LogP contribution is 2.35. The quantitative estimate of drug-likeness (QED) is 0.379. The van der Waals surface area contributed by atoms with Crippen molar-refractivity contribution < 1.29 is 0 Å². The van der Waals surface area contributed by atoms with Gasteiger partial charge in [0.2, 0.25) is 0 Å². The second-order valence-electron chi connectivity index (χ2n) is 8.22. The summed E-state index contributed by atoms with van der Waals surface area (Å²) in [4.78, 5) is 3.97. The van der Waals surface area contributed by atoms with Crippen molar-refractivity contribution in [2.75, 3.05) is 0 Å². The fourth-order valence-electron chi connectivity index (χ4n) is 3.91. The fourth-order valence-corrected chi connectivity index (χ4v) is 3.91. The van der Waals surface area contributed by atoms with Gasteiger partial charge in [0.05, 0.1) is 6.54 Å². The number of allylic oxidation sites excluding steroid dienone is 6. The van der Waals surface area contributed by atoms with Crippen LogP contribution in [0.3, 0.4) is 0 Å². The average Bonchev–Trinajstić information content (AvgIpc) is 2.71. The Bertz CT molecular complexity index is 906. The molecule has 0 fully saturated rings. The molecule has 2 aromatic carbocycles. The Kier molecular flexibility index (Phi) is 6.14. The predicted molar refractivity (Wildman–Crippen MR) is 123 cm³/mol.